The van der Waals surface area contributed by atoms with Gasteiger partial charge in [-0.15, -0.1) is 6.58 Å². The number of aliphatic carboxylic acids is 1. The lowest BCUT2D eigenvalue weighted by Crippen LogP contribution is -2.45. The summed E-state index contributed by atoms with van der Waals surface area (Å²) in [6.45, 7) is 5.90. The van der Waals surface area contributed by atoms with Crippen LogP contribution in [0.2, 0.25) is 0 Å². The van der Waals surface area contributed by atoms with Crippen molar-refractivity contribution in [3.63, 3.8) is 0 Å². The number of fused-ring (bicyclic) bond motifs is 1. The van der Waals surface area contributed by atoms with Gasteiger partial charge in [-0.25, -0.2) is 0 Å². The van der Waals surface area contributed by atoms with Gasteiger partial charge in [0, 0.05) is 5.69 Å². The molecule has 4 rings (SSSR count). The van der Waals surface area contributed by atoms with Crippen molar-refractivity contribution in [2.45, 2.75) is 31.1 Å². The summed E-state index contributed by atoms with van der Waals surface area (Å²) in [6, 6.07) is 9.09. The zero-order valence-corrected chi connectivity index (χ0v) is 13.4. The number of carboxylic acids is 1. The van der Waals surface area contributed by atoms with Gasteiger partial charge < -0.3 is 14.7 Å². The quantitative estimate of drug-likeness (QED) is 0.863. The van der Waals surface area contributed by atoms with Gasteiger partial charge in [-0.2, -0.15) is 0 Å². The average Bonchev–Trinajstić information content (AvgIpc) is 3.17. The number of nitrogens with zero attached hydrogens (tertiary/aromatic N) is 1. The maximum absolute atomic E-state index is 13.2. The second-order valence-corrected chi connectivity index (χ2v) is 6.86. The van der Waals surface area contributed by atoms with Crippen LogP contribution < -0.4 is 4.90 Å². The topological polar surface area (TPSA) is 66.8 Å². The lowest BCUT2D eigenvalue weighted by atomic mass is 9.74. The third kappa shape index (κ3) is 1.85. The molecular formula is C19H19NO4. The molecule has 1 N–H and O–H groups in total. The maximum Gasteiger partial charge on any atom is 0.310 e. The standard InChI is InChI=1S/C19H19NO4/c1-11(2)10-14-19-9-8-13(24-19)15(18(22)23)16(19)17(21)20(14)12-6-4-3-5-7-12/h3-9,13-16H,1,10H2,2H3,(H,22,23)/t13-,14?,15?,16-,19?/m1/s1. The smallest absolute Gasteiger partial charge is 0.310 e. The first-order chi connectivity index (χ1) is 11.5. The van der Waals surface area contributed by atoms with Crippen molar-refractivity contribution in [2.24, 2.45) is 11.8 Å². The summed E-state index contributed by atoms with van der Waals surface area (Å²) in [5.41, 5.74) is 0.824. The Morgan fingerprint density at radius 2 is 2.08 bits per heavy atom. The molecular weight excluding hydrogens is 306 g/mol. The van der Waals surface area contributed by atoms with Crippen LogP contribution in [0.5, 0.6) is 0 Å². The minimum absolute atomic E-state index is 0.174. The number of amides is 1. The summed E-state index contributed by atoms with van der Waals surface area (Å²) in [4.78, 5) is 26.7. The fraction of sp³-hybridized carbons (Fsp3) is 0.368. The number of para-hydroxylation sites is 1. The van der Waals surface area contributed by atoms with Gasteiger partial charge in [0.05, 0.1) is 18.1 Å². The van der Waals surface area contributed by atoms with Crippen molar-refractivity contribution in [3.8, 4) is 0 Å². The van der Waals surface area contributed by atoms with E-state index in [1.54, 1.807) is 11.0 Å². The molecule has 124 valence electrons. The van der Waals surface area contributed by atoms with E-state index in [0.717, 1.165) is 11.3 Å². The summed E-state index contributed by atoms with van der Waals surface area (Å²) in [5.74, 6) is -2.67. The number of hydrogen-bond acceptors (Lipinski definition) is 3. The highest BCUT2D eigenvalue weighted by Gasteiger charge is 2.71. The van der Waals surface area contributed by atoms with Gasteiger partial charge in [0.25, 0.3) is 0 Å². The minimum atomic E-state index is -0.978. The first kappa shape index (κ1) is 15.1. The summed E-state index contributed by atoms with van der Waals surface area (Å²) >= 11 is 0. The molecule has 3 heterocycles. The predicted octanol–water partition coefficient (Wildman–Crippen LogP) is 2.39. The van der Waals surface area contributed by atoms with E-state index in [9.17, 15) is 14.7 Å². The summed E-state index contributed by atoms with van der Waals surface area (Å²) in [7, 11) is 0. The highest BCUT2D eigenvalue weighted by atomic mass is 16.5. The van der Waals surface area contributed by atoms with Crippen molar-refractivity contribution in [2.75, 3.05) is 4.90 Å². The van der Waals surface area contributed by atoms with Crippen LogP contribution in [0.15, 0.2) is 54.6 Å². The van der Waals surface area contributed by atoms with Crippen molar-refractivity contribution >= 4 is 17.6 Å². The van der Waals surface area contributed by atoms with Gasteiger partial charge in [0.1, 0.15) is 11.5 Å². The van der Waals surface area contributed by atoms with Crippen LogP contribution in [-0.4, -0.2) is 34.7 Å². The molecule has 0 radical (unpaired) electrons. The Kier molecular flexibility index (Phi) is 3.18. The fourth-order valence-corrected chi connectivity index (χ4v) is 4.41. The normalized spacial score (nSPS) is 36.2. The Balaban J connectivity index is 1.85. The first-order valence-electron chi connectivity index (χ1n) is 8.08. The number of carboxylic acid groups (broad SMARTS) is 1. The van der Waals surface area contributed by atoms with E-state index < -0.39 is 29.5 Å². The third-order valence-electron chi connectivity index (χ3n) is 5.28. The van der Waals surface area contributed by atoms with Gasteiger partial charge in [-0.3, -0.25) is 9.59 Å². The second kappa shape index (κ2) is 5.05. The average molecular weight is 325 g/mol. The minimum Gasteiger partial charge on any atom is -0.481 e. The number of ether oxygens (including phenoxy) is 1. The maximum atomic E-state index is 13.2. The molecule has 2 saturated heterocycles. The number of hydrogen-bond donors (Lipinski definition) is 1. The molecule has 24 heavy (non-hydrogen) atoms. The fourth-order valence-electron chi connectivity index (χ4n) is 4.41. The van der Waals surface area contributed by atoms with Crippen LogP contribution in [0.4, 0.5) is 5.69 Å². The monoisotopic (exact) mass is 325 g/mol. The Morgan fingerprint density at radius 1 is 1.38 bits per heavy atom. The number of carbonyl (C=O) groups excluding carboxylic acids is 1. The van der Waals surface area contributed by atoms with Gasteiger partial charge >= 0.3 is 5.97 Å². The highest BCUT2D eigenvalue weighted by molar-refractivity contribution is 6.03. The second-order valence-electron chi connectivity index (χ2n) is 6.86. The Bertz CT molecular complexity index is 756. The van der Waals surface area contributed by atoms with Crippen molar-refractivity contribution in [1.82, 2.24) is 0 Å². The molecule has 5 nitrogen and oxygen atoms in total. The lowest BCUT2D eigenvalue weighted by Gasteiger charge is -2.33. The summed E-state index contributed by atoms with van der Waals surface area (Å²) in [5, 5.41) is 9.62. The van der Waals surface area contributed by atoms with E-state index in [0.29, 0.717) is 6.42 Å². The van der Waals surface area contributed by atoms with E-state index in [2.05, 4.69) is 6.58 Å². The van der Waals surface area contributed by atoms with Crippen molar-refractivity contribution in [1.29, 1.82) is 0 Å². The predicted molar refractivity (Wildman–Crippen MR) is 88.5 cm³/mol. The SMILES string of the molecule is C=C(C)CC1N(c2ccccc2)C(=O)[C@H]2C(C(=O)O)[C@H]3C=CC12O3. The van der Waals surface area contributed by atoms with Crippen LogP contribution in [0.3, 0.4) is 0 Å². The molecule has 0 saturated carbocycles. The molecule has 0 aliphatic carbocycles. The van der Waals surface area contributed by atoms with E-state index in [4.69, 9.17) is 4.74 Å². The summed E-state index contributed by atoms with van der Waals surface area (Å²) in [6.07, 6.45) is 3.74. The number of anilines is 1. The van der Waals surface area contributed by atoms with Crippen LogP contribution in [-0.2, 0) is 14.3 Å². The van der Waals surface area contributed by atoms with E-state index in [1.165, 1.54) is 0 Å². The Morgan fingerprint density at radius 3 is 2.71 bits per heavy atom. The van der Waals surface area contributed by atoms with Crippen molar-refractivity contribution in [3.05, 3.63) is 54.6 Å². The number of rotatable bonds is 4. The molecule has 0 aromatic heterocycles. The Hall–Kier alpha value is -2.40. The van der Waals surface area contributed by atoms with E-state index in [-0.39, 0.29) is 11.9 Å². The molecule has 3 aliphatic heterocycles. The van der Waals surface area contributed by atoms with Crippen LogP contribution in [0.25, 0.3) is 0 Å². The molecule has 1 aromatic carbocycles. The van der Waals surface area contributed by atoms with Gasteiger partial charge in [-0.1, -0.05) is 35.9 Å². The molecule has 2 bridgehead atoms. The van der Waals surface area contributed by atoms with Gasteiger partial charge in [0.15, 0.2) is 0 Å². The molecule has 1 spiro atoms. The lowest BCUT2D eigenvalue weighted by molar-refractivity contribution is -0.146. The molecule has 1 aromatic rings. The summed E-state index contributed by atoms with van der Waals surface area (Å²) < 4.78 is 6.10. The molecule has 2 fully saturated rings. The molecule has 3 aliphatic rings. The Labute approximate surface area is 140 Å². The van der Waals surface area contributed by atoms with E-state index >= 15 is 0 Å². The number of benzene rings is 1. The van der Waals surface area contributed by atoms with Gasteiger partial charge in [-0.05, 0) is 25.5 Å². The van der Waals surface area contributed by atoms with Crippen LogP contribution >= 0.6 is 0 Å². The molecule has 5 atom stereocenters. The van der Waals surface area contributed by atoms with Crippen LogP contribution in [0.1, 0.15) is 13.3 Å². The molecule has 1 amide bonds. The number of carbonyl (C=O) groups is 2. The van der Waals surface area contributed by atoms with E-state index in [1.807, 2.05) is 43.3 Å². The molecule has 3 unspecified atom stereocenters. The van der Waals surface area contributed by atoms with Crippen molar-refractivity contribution < 1.29 is 19.4 Å². The third-order valence-corrected chi connectivity index (χ3v) is 5.28. The first-order valence-corrected chi connectivity index (χ1v) is 8.08. The van der Waals surface area contributed by atoms with Gasteiger partial charge in [0.2, 0.25) is 5.91 Å². The largest absolute Gasteiger partial charge is 0.481 e. The molecule has 5 heteroatoms. The zero-order chi connectivity index (χ0) is 17.1. The highest BCUT2D eigenvalue weighted by Crippen LogP contribution is 2.56. The van der Waals surface area contributed by atoms with Crippen LogP contribution in [0, 0.1) is 11.8 Å². The zero-order valence-electron chi connectivity index (χ0n) is 13.4.